The number of aromatic nitrogens is 2. The number of nitrogens with one attached hydrogen (secondary N) is 1. The molecule has 0 unspecified atom stereocenters. The lowest BCUT2D eigenvalue weighted by atomic mass is 10.1. The van der Waals surface area contributed by atoms with Gasteiger partial charge in [0.2, 0.25) is 5.89 Å². The van der Waals surface area contributed by atoms with Crippen LogP contribution in [0.1, 0.15) is 11.1 Å². The molecule has 24 heavy (non-hydrogen) atoms. The predicted octanol–water partition coefficient (Wildman–Crippen LogP) is 3.06. The van der Waals surface area contributed by atoms with Gasteiger partial charge >= 0.3 is 6.01 Å². The van der Waals surface area contributed by atoms with Crippen molar-refractivity contribution in [2.24, 2.45) is 0 Å². The Balaban J connectivity index is 1.72. The van der Waals surface area contributed by atoms with Crippen molar-refractivity contribution in [2.45, 2.75) is 18.4 Å². The van der Waals surface area contributed by atoms with E-state index in [1.54, 1.807) is 12.1 Å². The van der Waals surface area contributed by atoms with Gasteiger partial charge in [-0.15, -0.1) is 5.10 Å². The molecule has 6 nitrogen and oxygen atoms in total. The highest BCUT2D eigenvalue weighted by atomic mass is 32.2. The van der Waals surface area contributed by atoms with Gasteiger partial charge in [-0.05, 0) is 42.3 Å². The Bertz CT molecular complexity index is 947. The minimum atomic E-state index is -3.22. The average molecular weight is 343 g/mol. The summed E-state index contributed by atoms with van der Waals surface area (Å²) in [4.78, 5) is 0.253. The van der Waals surface area contributed by atoms with Crippen LogP contribution in [0.5, 0.6) is 0 Å². The highest BCUT2D eigenvalue weighted by molar-refractivity contribution is 7.90. The second kappa shape index (κ2) is 6.45. The maximum absolute atomic E-state index is 11.5. The second-order valence-electron chi connectivity index (χ2n) is 5.49. The first-order valence-electron chi connectivity index (χ1n) is 7.36. The van der Waals surface area contributed by atoms with Crippen LogP contribution in [0, 0.1) is 6.92 Å². The number of hydrogen-bond acceptors (Lipinski definition) is 6. The fourth-order valence-electron chi connectivity index (χ4n) is 2.24. The van der Waals surface area contributed by atoms with Crippen molar-refractivity contribution < 1.29 is 12.8 Å². The maximum Gasteiger partial charge on any atom is 0.316 e. The Morgan fingerprint density at radius 1 is 1.04 bits per heavy atom. The number of benzene rings is 2. The zero-order valence-corrected chi connectivity index (χ0v) is 14.2. The highest BCUT2D eigenvalue weighted by Crippen LogP contribution is 2.22. The van der Waals surface area contributed by atoms with Crippen LogP contribution in [-0.2, 0) is 16.4 Å². The smallest absolute Gasteiger partial charge is 0.316 e. The lowest BCUT2D eigenvalue weighted by Crippen LogP contribution is -2.01. The monoisotopic (exact) mass is 343 g/mol. The van der Waals surface area contributed by atoms with Crippen molar-refractivity contribution in [1.82, 2.24) is 10.2 Å². The summed E-state index contributed by atoms with van der Waals surface area (Å²) in [6.45, 7) is 2.63. The van der Waals surface area contributed by atoms with E-state index in [1.807, 2.05) is 31.2 Å². The average Bonchev–Trinajstić information content (AvgIpc) is 3.02. The summed E-state index contributed by atoms with van der Waals surface area (Å²) in [6.07, 6.45) is 1.17. The molecule has 0 amide bonds. The summed E-state index contributed by atoms with van der Waals surface area (Å²) in [7, 11) is -3.22. The van der Waals surface area contributed by atoms with E-state index in [-0.39, 0.29) is 4.90 Å². The van der Waals surface area contributed by atoms with Gasteiger partial charge in [-0.25, -0.2) is 8.42 Å². The van der Waals surface area contributed by atoms with E-state index < -0.39 is 9.84 Å². The molecule has 1 N–H and O–H groups in total. The molecule has 3 rings (SSSR count). The largest absolute Gasteiger partial charge is 0.403 e. The molecule has 0 aliphatic rings. The molecular formula is C17H17N3O3S. The van der Waals surface area contributed by atoms with Crippen molar-refractivity contribution in [3.63, 3.8) is 0 Å². The van der Waals surface area contributed by atoms with E-state index >= 15 is 0 Å². The van der Waals surface area contributed by atoms with Gasteiger partial charge in [0.1, 0.15) is 0 Å². The Kier molecular flexibility index (Phi) is 4.35. The number of rotatable bonds is 5. The molecule has 3 aromatic rings. The van der Waals surface area contributed by atoms with Gasteiger partial charge in [-0.2, -0.15) is 0 Å². The molecule has 0 fully saturated rings. The van der Waals surface area contributed by atoms with Gasteiger partial charge in [-0.3, -0.25) is 0 Å². The number of hydrogen-bond donors (Lipinski definition) is 1. The van der Waals surface area contributed by atoms with Crippen LogP contribution in [0.3, 0.4) is 0 Å². The van der Waals surface area contributed by atoms with Gasteiger partial charge in [0.05, 0.1) is 4.90 Å². The molecule has 0 atom stereocenters. The highest BCUT2D eigenvalue weighted by Gasteiger charge is 2.11. The first-order valence-corrected chi connectivity index (χ1v) is 9.25. The molecule has 2 aromatic carbocycles. The fourth-order valence-corrected chi connectivity index (χ4v) is 2.87. The molecule has 0 bridgehead atoms. The zero-order chi connectivity index (χ0) is 17.2. The first kappa shape index (κ1) is 16.2. The van der Waals surface area contributed by atoms with Gasteiger partial charge in [0.15, 0.2) is 9.84 Å². The summed E-state index contributed by atoms with van der Waals surface area (Å²) < 4.78 is 28.5. The molecule has 0 spiro atoms. The third-order valence-corrected chi connectivity index (χ3v) is 4.77. The molecule has 7 heteroatoms. The summed E-state index contributed by atoms with van der Waals surface area (Å²) in [5.41, 5.74) is 3.00. The third kappa shape index (κ3) is 3.62. The number of nitrogens with zero attached hydrogens (tertiary/aromatic N) is 2. The quantitative estimate of drug-likeness (QED) is 0.766. The van der Waals surface area contributed by atoms with E-state index in [9.17, 15) is 8.42 Å². The lowest BCUT2D eigenvalue weighted by molar-refractivity contribution is 0.580. The molecular weight excluding hydrogens is 326 g/mol. The van der Waals surface area contributed by atoms with Gasteiger partial charge in [-0.1, -0.05) is 29.4 Å². The van der Waals surface area contributed by atoms with Crippen LogP contribution >= 0.6 is 0 Å². The predicted molar refractivity (Wildman–Crippen MR) is 91.3 cm³/mol. The van der Waals surface area contributed by atoms with Crippen LogP contribution in [0.25, 0.3) is 11.5 Å². The van der Waals surface area contributed by atoms with E-state index in [4.69, 9.17) is 4.42 Å². The van der Waals surface area contributed by atoms with Crippen molar-refractivity contribution in [1.29, 1.82) is 0 Å². The van der Waals surface area contributed by atoms with Crippen LogP contribution in [0.15, 0.2) is 57.8 Å². The van der Waals surface area contributed by atoms with Crippen molar-refractivity contribution in [3.05, 3.63) is 59.7 Å². The van der Waals surface area contributed by atoms with E-state index in [1.165, 1.54) is 24.0 Å². The van der Waals surface area contributed by atoms with Crippen LogP contribution < -0.4 is 5.32 Å². The molecule has 124 valence electrons. The molecule has 0 aliphatic carbocycles. The van der Waals surface area contributed by atoms with E-state index in [2.05, 4.69) is 15.5 Å². The Labute approximate surface area is 140 Å². The minimum Gasteiger partial charge on any atom is -0.403 e. The lowest BCUT2D eigenvalue weighted by Gasteiger charge is -2.04. The van der Waals surface area contributed by atoms with Gasteiger partial charge < -0.3 is 9.73 Å². The van der Waals surface area contributed by atoms with E-state index in [0.29, 0.717) is 24.0 Å². The molecule has 0 saturated heterocycles. The van der Waals surface area contributed by atoms with Crippen LogP contribution in [-0.4, -0.2) is 24.9 Å². The van der Waals surface area contributed by atoms with Crippen molar-refractivity contribution in [2.75, 3.05) is 11.6 Å². The van der Waals surface area contributed by atoms with Crippen molar-refractivity contribution in [3.8, 4) is 11.5 Å². The summed E-state index contributed by atoms with van der Waals surface area (Å²) in [5.74, 6) is 0.335. The standard InChI is InChI=1S/C17H17N3O3S/c1-12-5-3-4-6-14(12)11-18-17-20-19-16(23-17)13-7-9-15(10-8-13)24(2,21)22/h3-10H,11H2,1-2H3,(H,18,20). The SMILES string of the molecule is Cc1ccccc1CNc1nnc(-c2ccc(S(C)(=O)=O)cc2)o1. The third-order valence-electron chi connectivity index (χ3n) is 3.65. The number of aryl methyl sites for hydroxylation is 1. The van der Waals surface area contributed by atoms with Crippen LogP contribution in [0.2, 0.25) is 0 Å². The normalized spacial score (nSPS) is 11.4. The summed E-state index contributed by atoms with van der Waals surface area (Å²) in [5, 5.41) is 11.0. The Morgan fingerprint density at radius 2 is 1.75 bits per heavy atom. The first-order chi connectivity index (χ1) is 11.4. The maximum atomic E-state index is 11.5. The molecule has 0 radical (unpaired) electrons. The number of sulfone groups is 1. The molecule has 0 aliphatic heterocycles. The van der Waals surface area contributed by atoms with Gasteiger partial charge in [0.25, 0.3) is 0 Å². The molecule has 1 aromatic heterocycles. The fraction of sp³-hybridized carbons (Fsp3) is 0.176. The summed E-state index contributed by atoms with van der Waals surface area (Å²) in [6, 6.07) is 14.7. The topological polar surface area (TPSA) is 85.1 Å². The summed E-state index contributed by atoms with van der Waals surface area (Å²) >= 11 is 0. The molecule has 0 saturated carbocycles. The minimum absolute atomic E-state index is 0.253. The van der Waals surface area contributed by atoms with E-state index in [0.717, 1.165) is 5.56 Å². The second-order valence-corrected chi connectivity index (χ2v) is 7.50. The van der Waals surface area contributed by atoms with Gasteiger partial charge in [0, 0.05) is 18.4 Å². The number of anilines is 1. The zero-order valence-electron chi connectivity index (χ0n) is 13.4. The molecule has 1 heterocycles. The van der Waals surface area contributed by atoms with Crippen molar-refractivity contribution >= 4 is 15.9 Å². The Morgan fingerprint density at radius 3 is 2.42 bits per heavy atom. The Hall–Kier alpha value is -2.67. The van der Waals surface area contributed by atoms with Crippen LogP contribution in [0.4, 0.5) is 6.01 Å².